The molecule has 0 radical (unpaired) electrons. The Bertz CT molecular complexity index is 911. The first-order chi connectivity index (χ1) is 16.9. The van der Waals surface area contributed by atoms with E-state index >= 15 is 0 Å². The zero-order valence-corrected chi connectivity index (χ0v) is 22.5. The summed E-state index contributed by atoms with van der Waals surface area (Å²) in [6, 6.07) is 2.41. The highest BCUT2D eigenvalue weighted by Crippen LogP contribution is 2.34. The van der Waals surface area contributed by atoms with E-state index in [2.05, 4.69) is 4.90 Å². The molecule has 1 atom stereocenters. The lowest BCUT2D eigenvalue weighted by Gasteiger charge is -2.40. The number of phenols is 2. The maximum Gasteiger partial charge on any atom is 0.323 e. The summed E-state index contributed by atoms with van der Waals surface area (Å²) in [6.07, 6.45) is 5.81. The monoisotopic (exact) mass is 504 g/mol. The highest BCUT2D eigenvalue weighted by atomic mass is 16.5. The molecule has 0 bridgehead atoms. The number of nitrogens with zero attached hydrogens (tertiary/aromatic N) is 2. The molecule has 2 fully saturated rings. The number of piperidine rings is 1. The predicted molar refractivity (Wildman–Crippen MR) is 139 cm³/mol. The summed E-state index contributed by atoms with van der Waals surface area (Å²) in [7, 11) is 0. The number of rotatable bonds is 9. The Morgan fingerprint density at radius 1 is 1.06 bits per heavy atom. The Morgan fingerprint density at radius 2 is 1.67 bits per heavy atom. The first-order valence-corrected chi connectivity index (χ1v) is 13.3. The van der Waals surface area contributed by atoms with E-state index in [0.717, 1.165) is 38.5 Å². The van der Waals surface area contributed by atoms with Gasteiger partial charge in [0.15, 0.2) is 0 Å². The number of carbonyl (C=O) groups excluding carboxylic acids is 1. The van der Waals surface area contributed by atoms with Gasteiger partial charge in [0.2, 0.25) is 0 Å². The largest absolute Gasteiger partial charge is 0.508 e. The third-order valence-electron chi connectivity index (χ3n) is 7.52. The normalized spacial score (nSPS) is 18.8. The van der Waals surface area contributed by atoms with Gasteiger partial charge in [-0.3, -0.25) is 14.5 Å². The molecule has 1 saturated heterocycles. The minimum Gasteiger partial charge on any atom is -0.508 e. The van der Waals surface area contributed by atoms with Crippen molar-refractivity contribution in [2.45, 2.75) is 96.7 Å². The molecule has 1 amide bonds. The second kappa shape index (κ2) is 11.8. The number of phenolic OH excluding ortho intramolecular Hbond substituents is 2. The topological polar surface area (TPSA) is 111 Å². The number of ether oxygens (including phenoxy) is 1. The van der Waals surface area contributed by atoms with Crippen LogP contribution in [0.4, 0.5) is 0 Å². The van der Waals surface area contributed by atoms with E-state index < -0.39 is 17.6 Å². The minimum atomic E-state index is -0.845. The number of benzene rings is 1. The number of carbonyl (C=O) groups is 2. The molecular weight excluding hydrogens is 460 g/mol. The van der Waals surface area contributed by atoms with Gasteiger partial charge in [-0.2, -0.15) is 0 Å². The summed E-state index contributed by atoms with van der Waals surface area (Å²) in [6.45, 7) is 11.6. The lowest BCUT2D eigenvalue weighted by molar-refractivity contribution is -0.150. The van der Waals surface area contributed by atoms with E-state index in [1.165, 1.54) is 6.07 Å². The van der Waals surface area contributed by atoms with Crippen molar-refractivity contribution in [2.24, 2.45) is 5.92 Å². The van der Waals surface area contributed by atoms with Gasteiger partial charge in [0, 0.05) is 31.7 Å². The number of aromatic hydroxyl groups is 2. The summed E-state index contributed by atoms with van der Waals surface area (Å²) in [5, 5.41) is 30.5. The van der Waals surface area contributed by atoms with Crippen molar-refractivity contribution in [3.8, 4) is 11.5 Å². The molecule has 8 nitrogen and oxygen atoms in total. The summed E-state index contributed by atoms with van der Waals surface area (Å²) in [4.78, 5) is 29.4. The van der Waals surface area contributed by atoms with Gasteiger partial charge in [-0.15, -0.1) is 0 Å². The number of likely N-dealkylation sites (tertiary alicyclic amines) is 1. The smallest absolute Gasteiger partial charge is 0.323 e. The van der Waals surface area contributed by atoms with Crippen LogP contribution < -0.4 is 0 Å². The molecule has 202 valence electrons. The molecule has 1 saturated carbocycles. The van der Waals surface area contributed by atoms with E-state index in [4.69, 9.17) is 4.74 Å². The average Bonchev–Trinajstić information content (AvgIpc) is 3.32. The van der Waals surface area contributed by atoms with Crippen LogP contribution in [-0.2, 0) is 9.53 Å². The van der Waals surface area contributed by atoms with Crippen molar-refractivity contribution in [1.82, 2.24) is 9.80 Å². The lowest BCUT2D eigenvalue weighted by Crippen LogP contribution is -2.52. The van der Waals surface area contributed by atoms with Gasteiger partial charge in [-0.25, -0.2) is 0 Å². The van der Waals surface area contributed by atoms with Gasteiger partial charge in [0.25, 0.3) is 5.91 Å². The molecule has 1 aliphatic carbocycles. The molecule has 0 aromatic heterocycles. The van der Waals surface area contributed by atoms with Crippen molar-refractivity contribution in [3.05, 3.63) is 23.3 Å². The van der Waals surface area contributed by atoms with E-state index in [-0.39, 0.29) is 47.5 Å². The molecule has 2 aliphatic rings. The van der Waals surface area contributed by atoms with Crippen LogP contribution in [0.5, 0.6) is 11.5 Å². The van der Waals surface area contributed by atoms with Crippen molar-refractivity contribution in [2.75, 3.05) is 26.2 Å². The Labute approximate surface area is 215 Å². The molecule has 3 N–H and O–H groups in total. The Kier molecular flexibility index (Phi) is 9.28. The summed E-state index contributed by atoms with van der Waals surface area (Å²) < 4.78 is 5.91. The zero-order valence-electron chi connectivity index (χ0n) is 22.5. The third kappa shape index (κ3) is 7.13. The van der Waals surface area contributed by atoms with Gasteiger partial charge in [-0.1, -0.05) is 26.7 Å². The third-order valence-corrected chi connectivity index (χ3v) is 7.52. The summed E-state index contributed by atoms with van der Waals surface area (Å²) in [5.74, 6) is -0.988. The van der Waals surface area contributed by atoms with Crippen molar-refractivity contribution in [3.63, 3.8) is 0 Å². The van der Waals surface area contributed by atoms with Crippen molar-refractivity contribution >= 4 is 11.9 Å². The second-order valence-corrected chi connectivity index (χ2v) is 11.7. The first kappa shape index (κ1) is 28.3. The Morgan fingerprint density at radius 3 is 2.19 bits per heavy atom. The van der Waals surface area contributed by atoms with Crippen LogP contribution in [-0.4, -0.2) is 80.9 Å². The average molecular weight is 505 g/mol. The van der Waals surface area contributed by atoms with Gasteiger partial charge < -0.3 is 25.0 Å². The molecule has 36 heavy (non-hydrogen) atoms. The quantitative estimate of drug-likeness (QED) is 0.451. The fourth-order valence-corrected chi connectivity index (χ4v) is 5.42. The van der Waals surface area contributed by atoms with E-state index in [9.17, 15) is 24.9 Å². The summed E-state index contributed by atoms with van der Waals surface area (Å²) >= 11 is 0. The number of carboxylic acid groups (broad SMARTS) is 1. The minimum absolute atomic E-state index is 0.00631. The number of amides is 1. The number of hydrogen-bond donors (Lipinski definition) is 3. The highest BCUT2D eigenvalue weighted by Gasteiger charge is 2.36. The fraction of sp³-hybridized carbons (Fsp3) is 0.714. The standard InChI is InChI=1S/C28H44N2O6/c1-18(2)21-14-22(25(32)15-24(21)31)26(33)29-12-10-19(11-13-29)16-30(20-8-6-7-9-20)23(27(34)35)17-36-28(3,4)5/h14-15,18-20,23,31-32H,6-13,16-17H2,1-5H3,(H,34,35). The van der Waals surface area contributed by atoms with Crippen LogP contribution >= 0.6 is 0 Å². The highest BCUT2D eigenvalue weighted by molar-refractivity contribution is 5.97. The lowest BCUT2D eigenvalue weighted by atomic mass is 9.93. The predicted octanol–water partition coefficient (Wildman–Crippen LogP) is 4.59. The Hall–Kier alpha value is -2.32. The number of hydrogen-bond acceptors (Lipinski definition) is 6. The Balaban J connectivity index is 1.67. The molecule has 1 unspecified atom stereocenters. The van der Waals surface area contributed by atoms with E-state index in [1.807, 2.05) is 34.6 Å². The molecular formula is C28H44N2O6. The molecule has 1 aromatic carbocycles. The molecule has 1 aromatic rings. The van der Waals surface area contributed by atoms with Crippen LogP contribution in [0.3, 0.4) is 0 Å². The zero-order chi connectivity index (χ0) is 26.6. The van der Waals surface area contributed by atoms with Gasteiger partial charge in [0.05, 0.1) is 17.8 Å². The molecule has 0 spiro atoms. The van der Waals surface area contributed by atoms with Crippen LogP contribution in [0, 0.1) is 5.92 Å². The van der Waals surface area contributed by atoms with Crippen LogP contribution in [0.2, 0.25) is 0 Å². The van der Waals surface area contributed by atoms with Crippen LogP contribution in [0.1, 0.15) is 95.0 Å². The van der Waals surface area contributed by atoms with Crippen molar-refractivity contribution < 1.29 is 29.6 Å². The molecule has 3 rings (SSSR count). The molecule has 8 heteroatoms. The fourth-order valence-electron chi connectivity index (χ4n) is 5.42. The SMILES string of the molecule is CC(C)c1cc(C(=O)N2CCC(CN(C3CCCC3)C(COC(C)(C)C)C(=O)O)CC2)c(O)cc1O. The molecule has 1 aliphatic heterocycles. The first-order valence-electron chi connectivity index (χ1n) is 13.3. The van der Waals surface area contributed by atoms with Crippen molar-refractivity contribution in [1.29, 1.82) is 0 Å². The van der Waals surface area contributed by atoms with Gasteiger partial charge in [0.1, 0.15) is 17.5 Å². The van der Waals surface area contributed by atoms with Crippen LogP contribution in [0.25, 0.3) is 0 Å². The number of carboxylic acids is 1. The second-order valence-electron chi connectivity index (χ2n) is 11.7. The molecule has 1 heterocycles. The van der Waals surface area contributed by atoms with Gasteiger partial charge >= 0.3 is 5.97 Å². The maximum atomic E-state index is 13.2. The van der Waals surface area contributed by atoms with Gasteiger partial charge in [-0.05, 0) is 69.9 Å². The number of aliphatic carboxylic acids is 1. The van der Waals surface area contributed by atoms with Crippen LogP contribution in [0.15, 0.2) is 12.1 Å². The maximum absolute atomic E-state index is 13.2. The summed E-state index contributed by atoms with van der Waals surface area (Å²) in [5.41, 5.74) is 0.443. The van der Waals surface area contributed by atoms with E-state index in [0.29, 0.717) is 25.2 Å². The van der Waals surface area contributed by atoms with E-state index in [1.54, 1.807) is 11.0 Å².